The molecule has 8 heteroatoms. The van der Waals surface area contributed by atoms with E-state index in [1.807, 2.05) is 6.07 Å². The van der Waals surface area contributed by atoms with Crippen LogP contribution in [0.2, 0.25) is 0 Å². The second-order valence-electron chi connectivity index (χ2n) is 6.36. The first-order chi connectivity index (χ1) is 12.2. The SMILES string of the molecule is COC[C@@H]1CCN(c2ccc(-c3nc4c(s3)C(=O)NCC4)c(F)n2)C1. The van der Waals surface area contributed by atoms with Crippen LogP contribution in [0.25, 0.3) is 10.6 Å². The molecule has 2 aromatic heterocycles. The largest absolute Gasteiger partial charge is 0.384 e. The van der Waals surface area contributed by atoms with Crippen molar-refractivity contribution in [3.63, 3.8) is 0 Å². The van der Waals surface area contributed by atoms with Crippen molar-refractivity contribution in [3.8, 4) is 10.6 Å². The van der Waals surface area contributed by atoms with E-state index in [9.17, 15) is 9.18 Å². The number of nitrogens with zero attached hydrogens (tertiary/aromatic N) is 3. The van der Waals surface area contributed by atoms with Gasteiger partial charge in [-0.3, -0.25) is 4.79 Å². The van der Waals surface area contributed by atoms with Gasteiger partial charge in [-0.25, -0.2) is 9.97 Å². The number of ether oxygens (including phenoxy) is 1. The van der Waals surface area contributed by atoms with E-state index in [0.717, 1.165) is 25.2 Å². The number of methoxy groups -OCH3 is 1. The Hall–Kier alpha value is -2.06. The molecule has 0 radical (unpaired) electrons. The van der Waals surface area contributed by atoms with Crippen molar-refractivity contribution in [2.75, 3.05) is 38.3 Å². The summed E-state index contributed by atoms with van der Waals surface area (Å²) in [5.74, 6) is 0.424. The van der Waals surface area contributed by atoms with Crippen LogP contribution in [-0.2, 0) is 11.2 Å². The summed E-state index contributed by atoms with van der Waals surface area (Å²) in [7, 11) is 1.70. The number of thiazole rings is 1. The molecule has 2 aliphatic heterocycles. The maximum absolute atomic E-state index is 14.6. The first-order valence-electron chi connectivity index (χ1n) is 8.34. The normalized spacial score (nSPS) is 19.8. The molecule has 4 rings (SSSR count). The zero-order valence-corrected chi connectivity index (χ0v) is 14.7. The number of rotatable bonds is 4. The lowest BCUT2D eigenvalue weighted by atomic mass is 10.1. The van der Waals surface area contributed by atoms with Crippen molar-refractivity contribution in [1.82, 2.24) is 15.3 Å². The minimum Gasteiger partial charge on any atom is -0.384 e. The van der Waals surface area contributed by atoms with Gasteiger partial charge in [0, 0.05) is 39.1 Å². The molecule has 1 atom stereocenters. The fourth-order valence-electron chi connectivity index (χ4n) is 3.36. The summed E-state index contributed by atoms with van der Waals surface area (Å²) in [4.78, 5) is 23.1. The van der Waals surface area contributed by atoms with Crippen LogP contribution in [0.4, 0.5) is 10.2 Å². The number of halogens is 1. The highest BCUT2D eigenvalue weighted by Crippen LogP contribution is 2.32. The third kappa shape index (κ3) is 3.11. The maximum Gasteiger partial charge on any atom is 0.263 e. The van der Waals surface area contributed by atoms with Gasteiger partial charge in [-0.1, -0.05) is 0 Å². The average Bonchev–Trinajstić information content (AvgIpc) is 3.23. The van der Waals surface area contributed by atoms with Crippen molar-refractivity contribution in [3.05, 3.63) is 28.7 Å². The smallest absolute Gasteiger partial charge is 0.263 e. The molecular formula is C17H19FN4O2S. The van der Waals surface area contributed by atoms with Crippen molar-refractivity contribution in [2.45, 2.75) is 12.8 Å². The molecule has 1 amide bonds. The van der Waals surface area contributed by atoms with E-state index in [-0.39, 0.29) is 5.91 Å². The Morgan fingerprint density at radius 1 is 1.44 bits per heavy atom. The van der Waals surface area contributed by atoms with Gasteiger partial charge in [-0.15, -0.1) is 11.3 Å². The van der Waals surface area contributed by atoms with Crippen LogP contribution in [0.15, 0.2) is 12.1 Å². The van der Waals surface area contributed by atoms with E-state index in [4.69, 9.17) is 4.74 Å². The first-order valence-corrected chi connectivity index (χ1v) is 9.16. The summed E-state index contributed by atoms with van der Waals surface area (Å²) >= 11 is 1.22. The van der Waals surface area contributed by atoms with E-state index >= 15 is 0 Å². The molecule has 0 aliphatic carbocycles. The van der Waals surface area contributed by atoms with E-state index in [0.29, 0.717) is 46.8 Å². The number of anilines is 1. The van der Waals surface area contributed by atoms with Gasteiger partial charge >= 0.3 is 0 Å². The molecule has 132 valence electrons. The van der Waals surface area contributed by atoms with Gasteiger partial charge in [0.05, 0.1) is 17.9 Å². The van der Waals surface area contributed by atoms with Crippen LogP contribution in [0, 0.1) is 11.9 Å². The van der Waals surface area contributed by atoms with Gasteiger partial charge in [0.1, 0.15) is 15.7 Å². The number of carbonyl (C=O) groups is 1. The predicted molar refractivity (Wildman–Crippen MR) is 93.5 cm³/mol. The molecular weight excluding hydrogens is 343 g/mol. The molecule has 1 N–H and O–H groups in total. The Labute approximate surface area is 149 Å². The lowest BCUT2D eigenvalue weighted by Crippen LogP contribution is -2.30. The number of aromatic nitrogens is 2. The Bertz CT molecular complexity index is 810. The Kier molecular flexibility index (Phi) is 4.39. The number of amides is 1. The lowest BCUT2D eigenvalue weighted by Gasteiger charge is -2.17. The minimum absolute atomic E-state index is 0.128. The quantitative estimate of drug-likeness (QED) is 0.844. The summed E-state index contributed by atoms with van der Waals surface area (Å²) in [5.41, 5.74) is 1.10. The fourth-order valence-corrected chi connectivity index (χ4v) is 4.40. The maximum atomic E-state index is 14.6. The molecule has 0 unspecified atom stereocenters. The number of pyridine rings is 1. The lowest BCUT2D eigenvalue weighted by molar-refractivity contribution is 0.0950. The Morgan fingerprint density at radius 2 is 2.32 bits per heavy atom. The van der Waals surface area contributed by atoms with Crippen molar-refractivity contribution in [2.24, 2.45) is 5.92 Å². The van der Waals surface area contributed by atoms with Crippen LogP contribution >= 0.6 is 11.3 Å². The molecule has 0 aromatic carbocycles. The molecule has 0 spiro atoms. The van der Waals surface area contributed by atoms with Crippen LogP contribution in [0.3, 0.4) is 0 Å². The average molecular weight is 362 g/mol. The number of carbonyl (C=O) groups excluding carboxylic acids is 1. The topological polar surface area (TPSA) is 67.3 Å². The number of hydrogen-bond donors (Lipinski definition) is 1. The second kappa shape index (κ2) is 6.68. The van der Waals surface area contributed by atoms with Gasteiger partial charge in [-0.05, 0) is 18.6 Å². The van der Waals surface area contributed by atoms with Crippen molar-refractivity contribution < 1.29 is 13.9 Å². The van der Waals surface area contributed by atoms with E-state index < -0.39 is 5.95 Å². The molecule has 0 bridgehead atoms. The molecule has 2 aromatic rings. The minimum atomic E-state index is -0.542. The Morgan fingerprint density at radius 3 is 3.08 bits per heavy atom. The van der Waals surface area contributed by atoms with Gasteiger partial charge < -0.3 is 15.0 Å². The van der Waals surface area contributed by atoms with Gasteiger partial charge in [0.15, 0.2) is 0 Å². The van der Waals surface area contributed by atoms with Crippen molar-refractivity contribution >= 4 is 23.1 Å². The van der Waals surface area contributed by atoms with E-state index in [2.05, 4.69) is 20.2 Å². The summed E-state index contributed by atoms with van der Waals surface area (Å²) in [6, 6.07) is 3.54. The number of fused-ring (bicyclic) bond motifs is 1. The zero-order valence-electron chi connectivity index (χ0n) is 13.9. The summed E-state index contributed by atoms with van der Waals surface area (Å²) < 4.78 is 19.8. The predicted octanol–water partition coefficient (Wildman–Crippen LogP) is 2.10. The molecule has 6 nitrogen and oxygen atoms in total. The highest BCUT2D eigenvalue weighted by atomic mass is 32.1. The fraction of sp³-hybridized carbons (Fsp3) is 0.471. The van der Waals surface area contributed by atoms with Crippen LogP contribution in [-0.4, -0.2) is 49.2 Å². The second-order valence-corrected chi connectivity index (χ2v) is 7.36. The third-order valence-electron chi connectivity index (χ3n) is 4.63. The number of nitrogens with one attached hydrogen (secondary N) is 1. The zero-order chi connectivity index (χ0) is 17.4. The van der Waals surface area contributed by atoms with Crippen LogP contribution < -0.4 is 10.2 Å². The monoisotopic (exact) mass is 362 g/mol. The molecule has 2 aliphatic rings. The molecule has 25 heavy (non-hydrogen) atoms. The summed E-state index contributed by atoms with van der Waals surface area (Å²) in [6.45, 7) is 2.97. The number of hydrogen-bond acceptors (Lipinski definition) is 6. The highest BCUT2D eigenvalue weighted by Gasteiger charge is 2.26. The summed E-state index contributed by atoms with van der Waals surface area (Å²) in [6.07, 6.45) is 1.70. The van der Waals surface area contributed by atoms with Crippen LogP contribution in [0.1, 0.15) is 21.8 Å². The van der Waals surface area contributed by atoms with Crippen LogP contribution in [0.5, 0.6) is 0 Å². The molecule has 1 fully saturated rings. The molecule has 4 heterocycles. The van der Waals surface area contributed by atoms with Gasteiger partial charge in [-0.2, -0.15) is 4.39 Å². The standard InChI is InChI=1S/C17H19FN4O2S/c1-24-9-10-5-7-22(8-10)13-3-2-11(15(18)21-13)17-20-12-4-6-19-16(23)14(12)25-17/h2-3,10H,4-9H2,1H3,(H,19,23)/t10-/m1/s1. The van der Waals surface area contributed by atoms with E-state index in [1.54, 1.807) is 13.2 Å². The van der Waals surface area contributed by atoms with Crippen molar-refractivity contribution in [1.29, 1.82) is 0 Å². The van der Waals surface area contributed by atoms with Gasteiger partial charge in [0.25, 0.3) is 5.91 Å². The highest BCUT2D eigenvalue weighted by molar-refractivity contribution is 7.17. The first kappa shape index (κ1) is 16.4. The Balaban J connectivity index is 1.58. The molecule has 1 saturated heterocycles. The van der Waals surface area contributed by atoms with Gasteiger partial charge in [0.2, 0.25) is 5.95 Å². The third-order valence-corrected chi connectivity index (χ3v) is 5.76. The van der Waals surface area contributed by atoms with E-state index in [1.165, 1.54) is 11.3 Å². The molecule has 0 saturated carbocycles. The summed E-state index contributed by atoms with van der Waals surface area (Å²) in [5, 5.41) is 3.29.